The van der Waals surface area contributed by atoms with Gasteiger partial charge in [-0.25, -0.2) is 0 Å². The highest BCUT2D eigenvalue weighted by Gasteiger charge is 2.21. The number of hydrogen-bond acceptors (Lipinski definition) is 5. The molecule has 7 heteroatoms. The van der Waals surface area contributed by atoms with Crippen molar-refractivity contribution in [2.75, 3.05) is 22.5 Å². The SMILES string of the molecule is Nc1nnc(Cl)cc1N1CC(=O)Nc2ccccc2C1. The lowest BCUT2D eigenvalue weighted by molar-refractivity contribution is -0.114. The van der Waals surface area contributed by atoms with Crippen molar-refractivity contribution < 1.29 is 4.79 Å². The highest BCUT2D eigenvalue weighted by Crippen LogP contribution is 2.28. The predicted octanol–water partition coefficient (Wildman–Crippen LogP) is 1.67. The Morgan fingerprint density at radius 2 is 2.05 bits per heavy atom. The van der Waals surface area contributed by atoms with Gasteiger partial charge in [0.05, 0.1) is 12.2 Å². The van der Waals surface area contributed by atoms with E-state index < -0.39 is 0 Å². The number of nitrogen functional groups attached to an aromatic ring is 1. The molecule has 1 aromatic heterocycles. The molecule has 1 amide bonds. The third-order valence-corrected chi connectivity index (χ3v) is 3.28. The summed E-state index contributed by atoms with van der Waals surface area (Å²) in [6, 6.07) is 9.26. The van der Waals surface area contributed by atoms with Gasteiger partial charge in [-0.3, -0.25) is 4.79 Å². The zero-order valence-corrected chi connectivity index (χ0v) is 11.3. The number of para-hydroxylation sites is 1. The molecule has 102 valence electrons. The second kappa shape index (κ2) is 4.97. The number of anilines is 3. The summed E-state index contributed by atoms with van der Waals surface area (Å²) in [6.07, 6.45) is 0. The predicted molar refractivity (Wildman–Crippen MR) is 77.6 cm³/mol. The van der Waals surface area contributed by atoms with Crippen LogP contribution in [0.5, 0.6) is 0 Å². The molecule has 1 aliphatic heterocycles. The molecule has 3 rings (SSSR count). The van der Waals surface area contributed by atoms with Gasteiger partial charge in [-0.15, -0.1) is 10.2 Å². The van der Waals surface area contributed by atoms with Crippen LogP contribution < -0.4 is 16.0 Å². The molecule has 2 heterocycles. The standard InChI is InChI=1S/C13H12ClN5O/c14-11-5-10(13(15)18-17-11)19-6-8-3-1-2-4-9(8)16-12(20)7-19/h1-5H,6-7H2,(H2,15,18)(H,16,20). The Morgan fingerprint density at radius 3 is 2.90 bits per heavy atom. The van der Waals surface area contributed by atoms with Gasteiger partial charge in [-0.2, -0.15) is 0 Å². The minimum atomic E-state index is -0.109. The Bertz CT molecular complexity index is 676. The molecule has 0 spiro atoms. The molecule has 3 N–H and O–H groups in total. The van der Waals surface area contributed by atoms with Crippen molar-refractivity contribution in [1.82, 2.24) is 10.2 Å². The summed E-state index contributed by atoms with van der Waals surface area (Å²) in [4.78, 5) is 13.8. The van der Waals surface area contributed by atoms with Crippen LogP contribution in [0.15, 0.2) is 30.3 Å². The van der Waals surface area contributed by atoms with Crippen molar-refractivity contribution in [2.45, 2.75) is 6.54 Å². The number of carbonyl (C=O) groups excluding carboxylic acids is 1. The first-order chi connectivity index (χ1) is 9.63. The highest BCUT2D eigenvalue weighted by molar-refractivity contribution is 6.29. The van der Waals surface area contributed by atoms with Gasteiger partial charge < -0.3 is 16.0 Å². The smallest absolute Gasteiger partial charge is 0.243 e. The molecule has 0 atom stereocenters. The van der Waals surface area contributed by atoms with Crippen LogP contribution in [0.25, 0.3) is 0 Å². The van der Waals surface area contributed by atoms with E-state index in [1.54, 1.807) is 6.07 Å². The molecule has 0 fully saturated rings. The van der Waals surface area contributed by atoms with Crippen molar-refractivity contribution in [3.05, 3.63) is 41.0 Å². The second-order valence-corrected chi connectivity index (χ2v) is 4.89. The third kappa shape index (κ3) is 2.37. The molecule has 0 saturated heterocycles. The van der Waals surface area contributed by atoms with E-state index in [-0.39, 0.29) is 23.4 Å². The number of fused-ring (bicyclic) bond motifs is 1. The fraction of sp³-hybridized carbons (Fsp3) is 0.154. The number of nitrogens with one attached hydrogen (secondary N) is 1. The lowest BCUT2D eigenvalue weighted by Crippen LogP contribution is -2.30. The summed E-state index contributed by atoms with van der Waals surface area (Å²) in [5, 5.41) is 10.6. The van der Waals surface area contributed by atoms with E-state index >= 15 is 0 Å². The minimum absolute atomic E-state index is 0.109. The largest absolute Gasteiger partial charge is 0.380 e. The number of carbonyl (C=O) groups is 1. The summed E-state index contributed by atoms with van der Waals surface area (Å²) in [5.74, 6) is 0.142. The van der Waals surface area contributed by atoms with E-state index in [9.17, 15) is 4.79 Å². The first kappa shape index (κ1) is 12.7. The lowest BCUT2D eigenvalue weighted by Gasteiger charge is -2.22. The summed E-state index contributed by atoms with van der Waals surface area (Å²) >= 11 is 5.86. The molecule has 2 aromatic rings. The maximum Gasteiger partial charge on any atom is 0.243 e. The van der Waals surface area contributed by atoms with Gasteiger partial charge in [-0.05, 0) is 11.6 Å². The number of amides is 1. The van der Waals surface area contributed by atoms with Gasteiger partial charge in [0.2, 0.25) is 5.91 Å². The molecule has 0 aliphatic carbocycles. The molecular formula is C13H12ClN5O. The van der Waals surface area contributed by atoms with E-state index in [0.29, 0.717) is 12.2 Å². The highest BCUT2D eigenvalue weighted by atomic mass is 35.5. The van der Waals surface area contributed by atoms with Crippen molar-refractivity contribution in [1.29, 1.82) is 0 Å². The fourth-order valence-electron chi connectivity index (χ4n) is 2.20. The van der Waals surface area contributed by atoms with Crippen LogP contribution >= 0.6 is 11.6 Å². The van der Waals surface area contributed by atoms with Crippen LogP contribution in [0.2, 0.25) is 5.15 Å². The van der Waals surface area contributed by atoms with E-state index in [1.807, 2.05) is 29.2 Å². The van der Waals surface area contributed by atoms with Crippen LogP contribution in [0.4, 0.5) is 17.2 Å². The Kier molecular flexibility index (Phi) is 3.15. The number of nitrogens with zero attached hydrogens (tertiary/aromatic N) is 3. The van der Waals surface area contributed by atoms with Gasteiger partial charge in [0.15, 0.2) is 11.0 Å². The normalized spacial score (nSPS) is 14.4. The van der Waals surface area contributed by atoms with Gasteiger partial charge in [0.1, 0.15) is 0 Å². The van der Waals surface area contributed by atoms with Gasteiger partial charge in [0, 0.05) is 18.3 Å². The zero-order valence-electron chi connectivity index (χ0n) is 10.5. The fourth-order valence-corrected chi connectivity index (χ4v) is 2.34. The Labute approximate surface area is 120 Å². The number of benzene rings is 1. The number of nitrogens with two attached hydrogens (primary N) is 1. The van der Waals surface area contributed by atoms with Crippen molar-refractivity contribution in [3.63, 3.8) is 0 Å². The van der Waals surface area contributed by atoms with Crippen molar-refractivity contribution in [2.24, 2.45) is 0 Å². The maximum absolute atomic E-state index is 12.0. The van der Waals surface area contributed by atoms with Crippen molar-refractivity contribution in [3.8, 4) is 0 Å². The van der Waals surface area contributed by atoms with E-state index in [1.165, 1.54) is 0 Å². The molecule has 0 bridgehead atoms. The number of halogens is 1. The first-order valence-corrected chi connectivity index (χ1v) is 6.42. The topological polar surface area (TPSA) is 84.1 Å². The van der Waals surface area contributed by atoms with Crippen LogP contribution in [0, 0.1) is 0 Å². The third-order valence-electron chi connectivity index (χ3n) is 3.10. The van der Waals surface area contributed by atoms with Gasteiger partial charge >= 0.3 is 0 Å². The quantitative estimate of drug-likeness (QED) is 0.834. The van der Waals surface area contributed by atoms with E-state index in [4.69, 9.17) is 17.3 Å². The molecule has 6 nitrogen and oxygen atoms in total. The number of rotatable bonds is 1. The summed E-state index contributed by atoms with van der Waals surface area (Å²) < 4.78 is 0. The van der Waals surface area contributed by atoms with Gasteiger partial charge in [0.25, 0.3) is 0 Å². The second-order valence-electron chi connectivity index (χ2n) is 4.50. The van der Waals surface area contributed by atoms with Crippen LogP contribution in [0.3, 0.4) is 0 Å². The molecule has 0 radical (unpaired) electrons. The van der Waals surface area contributed by atoms with Crippen LogP contribution in [-0.4, -0.2) is 22.6 Å². The van der Waals surface area contributed by atoms with Gasteiger partial charge in [-0.1, -0.05) is 29.8 Å². The summed E-state index contributed by atoms with van der Waals surface area (Å²) in [7, 11) is 0. The average molecular weight is 290 g/mol. The van der Waals surface area contributed by atoms with Crippen molar-refractivity contribution >= 4 is 34.7 Å². The molecule has 0 saturated carbocycles. The Balaban J connectivity index is 2.02. The Morgan fingerprint density at radius 1 is 1.25 bits per heavy atom. The minimum Gasteiger partial charge on any atom is -0.380 e. The monoisotopic (exact) mass is 289 g/mol. The molecule has 1 aromatic carbocycles. The van der Waals surface area contributed by atoms with Crippen LogP contribution in [-0.2, 0) is 11.3 Å². The zero-order chi connectivity index (χ0) is 14.1. The number of hydrogen-bond donors (Lipinski definition) is 2. The van der Waals surface area contributed by atoms with Crippen LogP contribution in [0.1, 0.15) is 5.56 Å². The van der Waals surface area contributed by atoms with E-state index in [2.05, 4.69) is 15.5 Å². The molecule has 1 aliphatic rings. The summed E-state index contributed by atoms with van der Waals surface area (Å²) in [5.41, 5.74) is 8.26. The molecule has 0 unspecified atom stereocenters. The average Bonchev–Trinajstić information content (AvgIpc) is 2.59. The summed E-state index contributed by atoms with van der Waals surface area (Å²) in [6.45, 7) is 0.724. The number of aromatic nitrogens is 2. The van der Waals surface area contributed by atoms with E-state index in [0.717, 1.165) is 11.3 Å². The maximum atomic E-state index is 12.0. The first-order valence-electron chi connectivity index (χ1n) is 6.05. The molecule has 20 heavy (non-hydrogen) atoms. The Hall–Kier alpha value is -2.34. The lowest BCUT2D eigenvalue weighted by atomic mass is 10.1. The molecular weight excluding hydrogens is 278 g/mol.